The highest BCUT2D eigenvalue weighted by Crippen LogP contribution is 2.33. The van der Waals surface area contributed by atoms with E-state index in [1.165, 1.54) is 0 Å². The van der Waals surface area contributed by atoms with Gasteiger partial charge in [-0.1, -0.05) is 58.3 Å². The normalized spacial score (nSPS) is 10.6. The molecule has 3 aromatic rings. The maximum absolute atomic E-state index is 6.14. The topological polar surface area (TPSA) is 24.9 Å². The molecule has 1 N–H and O–H groups in total. The first kappa shape index (κ1) is 14.7. The van der Waals surface area contributed by atoms with E-state index < -0.39 is 0 Å². The van der Waals surface area contributed by atoms with Crippen molar-refractivity contribution in [2.45, 2.75) is 0 Å². The van der Waals surface area contributed by atoms with Gasteiger partial charge >= 0.3 is 0 Å². The minimum Gasteiger partial charge on any atom is -0.330 e. The minimum atomic E-state index is 0.561. The van der Waals surface area contributed by atoms with Gasteiger partial charge < -0.3 is 5.32 Å². The Balaban J connectivity index is 1.83. The zero-order valence-corrected chi connectivity index (χ0v) is 13.7. The van der Waals surface area contributed by atoms with Gasteiger partial charge in [0.2, 0.25) is 0 Å². The van der Waals surface area contributed by atoms with Crippen molar-refractivity contribution in [2.75, 3.05) is 5.32 Å². The van der Waals surface area contributed by atoms with Crippen LogP contribution in [-0.4, -0.2) is 4.98 Å². The van der Waals surface area contributed by atoms with Gasteiger partial charge in [-0.05, 0) is 35.9 Å². The molecular weight excluding hydrogens is 347 g/mol. The van der Waals surface area contributed by atoms with E-state index in [1.807, 2.05) is 36.5 Å². The van der Waals surface area contributed by atoms with Crippen LogP contribution in [0.2, 0.25) is 15.1 Å². The third-order valence-electron chi connectivity index (χ3n) is 2.81. The van der Waals surface area contributed by atoms with Crippen LogP contribution in [-0.2, 0) is 0 Å². The van der Waals surface area contributed by atoms with E-state index in [2.05, 4.69) is 10.3 Å². The molecule has 21 heavy (non-hydrogen) atoms. The highest BCUT2D eigenvalue weighted by Gasteiger charge is 2.07. The van der Waals surface area contributed by atoms with Crippen molar-refractivity contribution in [3.05, 3.63) is 63.7 Å². The predicted octanol–water partition coefficient (Wildman–Crippen LogP) is 6.51. The van der Waals surface area contributed by atoms with Crippen LogP contribution in [0.3, 0.4) is 0 Å². The molecule has 0 aliphatic heterocycles. The summed E-state index contributed by atoms with van der Waals surface area (Å²) < 4.78 is 0. The molecule has 6 heteroatoms. The Morgan fingerprint density at radius 2 is 1.62 bits per heavy atom. The summed E-state index contributed by atoms with van der Waals surface area (Å²) in [6.45, 7) is 0. The molecule has 0 aliphatic carbocycles. The highest BCUT2D eigenvalue weighted by atomic mass is 35.5. The summed E-state index contributed by atoms with van der Waals surface area (Å²) in [6, 6.07) is 13.0. The van der Waals surface area contributed by atoms with E-state index in [1.54, 1.807) is 23.5 Å². The van der Waals surface area contributed by atoms with Gasteiger partial charge in [0.25, 0.3) is 0 Å². The Hall–Kier alpha value is -1.26. The smallest absolute Gasteiger partial charge is 0.187 e. The molecule has 0 atom stereocenters. The Kier molecular flexibility index (Phi) is 4.36. The largest absolute Gasteiger partial charge is 0.330 e. The van der Waals surface area contributed by atoms with Crippen molar-refractivity contribution in [3.63, 3.8) is 0 Å². The number of nitrogens with zero attached hydrogens (tertiary/aromatic N) is 1. The number of halogens is 3. The summed E-state index contributed by atoms with van der Waals surface area (Å²) in [5, 5.41) is 5.84. The van der Waals surface area contributed by atoms with E-state index in [0.717, 1.165) is 26.3 Å². The monoisotopic (exact) mass is 354 g/mol. The van der Waals surface area contributed by atoms with E-state index in [0.29, 0.717) is 10.0 Å². The lowest BCUT2D eigenvalue weighted by Gasteiger charge is -2.05. The summed E-state index contributed by atoms with van der Waals surface area (Å²) in [7, 11) is 0. The van der Waals surface area contributed by atoms with Crippen LogP contribution in [0.5, 0.6) is 0 Å². The number of nitrogens with one attached hydrogen (secondary N) is 1. The standard InChI is InChI=1S/C15H9Cl3N2S/c16-10-3-1-9(2-4-10)14-8-19-15(21-14)20-13-6-5-11(17)7-12(13)18/h1-8H,(H,19,20). The van der Waals surface area contributed by atoms with Crippen LogP contribution in [0.15, 0.2) is 48.7 Å². The SMILES string of the molecule is Clc1ccc(-c2cnc(Nc3ccc(Cl)cc3Cl)s2)cc1. The minimum absolute atomic E-state index is 0.561. The van der Waals surface area contributed by atoms with Gasteiger partial charge in [0, 0.05) is 16.2 Å². The summed E-state index contributed by atoms with van der Waals surface area (Å²) in [4.78, 5) is 5.41. The quantitative estimate of drug-likeness (QED) is 0.579. The maximum Gasteiger partial charge on any atom is 0.187 e. The van der Waals surface area contributed by atoms with Crippen molar-refractivity contribution < 1.29 is 0 Å². The van der Waals surface area contributed by atoms with Crippen molar-refractivity contribution in [1.29, 1.82) is 0 Å². The predicted molar refractivity (Wildman–Crippen MR) is 92.3 cm³/mol. The summed E-state index contributed by atoms with van der Waals surface area (Å²) in [5.41, 5.74) is 1.85. The van der Waals surface area contributed by atoms with E-state index >= 15 is 0 Å². The molecule has 1 heterocycles. The van der Waals surface area contributed by atoms with Crippen molar-refractivity contribution in [3.8, 4) is 10.4 Å². The van der Waals surface area contributed by atoms with Gasteiger partial charge in [-0.25, -0.2) is 4.98 Å². The van der Waals surface area contributed by atoms with Gasteiger partial charge in [-0.2, -0.15) is 0 Å². The van der Waals surface area contributed by atoms with Crippen molar-refractivity contribution in [1.82, 2.24) is 4.98 Å². The van der Waals surface area contributed by atoms with Crippen LogP contribution in [0, 0.1) is 0 Å². The number of aromatic nitrogens is 1. The molecule has 0 amide bonds. The Morgan fingerprint density at radius 1 is 0.905 bits per heavy atom. The fourth-order valence-electron chi connectivity index (χ4n) is 1.79. The molecule has 0 radical (unpaired) electrons. The molecule has 0 unspecified atom stereocenters. The van der Waals surface area contributed by atoms with Crippen LogP contribution >= 0.6 is 46.1 Å². The van der Waals surface area contributed by atoms with Gasteiger partial charge in [0.1, 0.15) is 0 Å². The molecule has 0 aliphatic rings. The molecule has 2 aromatic carbocycles. The first-order valence-electron chi connectivity index (χ1n) is 6.06. The van der Waals surface area contributed by atoms with Gasteiger partial charge in [0.05, 0.1) is 15.6 Å². The first-order chi connectivity index (χ1) is 10.1. The van der Waals surface area contributed by atoms with Crippen molar-refractivity contribution >= 4 is 57.0 Å². The molecule has 3 rings (SSSR count). The van der Waals surface area contributed by atoms with Crippen molar-refractivity contribution in [2.24, 2.45) is 0 Å². The van der Waals surface area contributed by atoms with Gasteiger partial charge in [-0.3, -0.25) is 0 Å². The van der Waals surface area contributed by atoms with Crippen LogP contribution in [0.4, 0.5) is 10.8 Å². The molecule has 0 spiro atoms. The third kappa shape index (κ3) is 3.50. The lowest BCUT2D eigenvalue weighted by molar-refractivity contribution is 1.39. The maximum atomic E-state index is 6.14. The average Bonchev–Trinajstić information content (AvgIpc) is 2.91. The van der Waals surface area contributed by atoms with E-state index in [4.69, 9.17) is 34.8 Å². The average molecular weight is 356 g/mol. The molecule has 0 fully saturated rings. The number of rotatable bonds is 3. The second kappa shape index (κ2) is 6.24. The molecule has 0 saturated heterocycles. The number of hydrogen-bond donors (Lipinski definition) is 1. The number of benzene rings is 2. The van der Waals surface area contributed by atoms with E-state index in [-0.39, 0.29) is 0 Å². The van der Waals surface area contributed by atoms with Gasteiger partial charge in [-0.15, -0.1) is 0 Å². The molecule has 1 aromatic heterocycles. The number of thiazole rings is 1. The summed E-state index contributed by atoms with van der Waals surface area (Å²) in [6.07, 6.45) is 1.82. The van der Waals surface area contributed by atoms with Crippen LogP contribution in [0.25, 0.3) is 10.4 Å². The zero-order valence-electron chi connectivity index (χ0n) is 10.6. The first-order valence-corrected chi connectivity index (χ1v) is 8.01. The van der Waals surface area contributed by atoms with Crippen LogP contribution < -0.4 is 5.32 Å². The molecular formula is C15H9Cl3N2S. The number of hydrogen-bond acceptors (Lipinski definition) is 3. The second-order valence-electron chi connectivity index (χ2n) is 4.29. The zero-order chi connectivity index (χ0) is 14.8. The lowest BCUT2D eigenvalue weighted by atomic mass is 10.2. The Morgan fingerprint density at radius 3 is 2.33 bits per heavy atom. The van der Waals surface area contributed by atoms with E-state index in [9.17, 15) is 0 Å². The number of anilines is 2. The fraction of sp³-hybridized carbons (Fsp3) is 0. The Bertz CT molecular complexity index is 769. The molecule has 0 saturated carbocycles. The second-order valence-corrected chi connectivity index (χ2v) is 6.60. The van der Waals surface area contributed by atoms with Gasteiger partial charge in [0.15, 0.2) is 5.13 Å². The highest BCUT2D eigenvalue weighted by molar-refractivity contribution is 7.19. The van der Waals surface area contributed by atoms with Crippen LogP contribution in [0.1, 0.15) is 0 Å². The fourth-order valence-corrected chi connectivity index (χ4v) is 3.20. The third-order valence-corrected chi connectivity index (χ3v) is 4.57. The molecule has 0 bridgehead atoms. The lowest BCUT2D eigenvalue weighted by Crippen LogP contribution is -1.89. The molecule has 2 nitrogen and oxygen atoms in total. The summed E-state index contributed by atoms with van der Waals surface area (Å²) in [5.74, 6) is 0. The Labute approximate surface area is 141 Å². The summed E-state index contributed by atoms with van der Waals surface area (Å²) >= 11 is 19.5. The molecule has 106 valence electrons.